The third kappa shape index (κ3) is 5.67. The predicted molar refractivity (Wildman–Crippen MR) is 147 cm³/mol. The molecule has 1 aliphatic carbocycles. The maximum atomic E-state index is 13.3. The SMILES string of the molecule is Cc1cccc2cc(CN(CCc3ccccc3)C(c3nnnn3C3CCCCC3)C(C)C)c(=O)[nH]c12. The minimum Gasteiger partial charge on any atom is -0.321 e. The Hall–Kier alpha value is -3.32. The van der Waals surface area contributed by atoms with Crippen LogP contribution in [0.3, 0.4) is 0 Å². The number of benzene rings is 2. The van der Waals surface area contributed by atoms with E-state index in [-0.39, 0.29) is 17.5 Å². The number of para-hydroxylation sites is 1. The summed E-state index contributed by atoms with van der Waals surface area (Å²) in [5.74, 6) is 1.19. The van der Waals surface area contributed by atoms with Crippen molar-refractivity contribution in [3.05, 3.63) is 87.5 Å². The van der Waals surface area contributed by atoms with Crippen LogP contribution in [0, 0.1) is 12.8 Å². The Morgan fingerprint density at radius 2 is 1.84 bits per heavy atom. The Kier molecular flexibility index (Phi) is 7.79. The molecule has 2 heterocycles. The zero-order valence-corrected chi connectivity index (χ0v) is 22.2. The molecule has 0 aliphatic heterocycles. The summed E-state index contributed by atoms with van der Waals surface area (Å²) in [6.07, 6.45) is 6.86. The van der Waals surface area contributed by atoms with E-state index in [1.807, 2.05) is 25.1 Å². The molecule has 1 atom stereocenters. The number of aromatic nitrogens is 5. The van der Waals surface area contributed by atoms with Crippen LogP contribution in [0.25, 0.3) is 10.9 Å². The van der Waals surface area contributed by atoms with Gasteiger partial charge in [0, 0.05) is 18.7 Å². The summed E-state index contributed by atoms with van der Waals surface area (Å²) in [7, 11) is 0. The van der Waals surface area contributed by atoms with Gasteiger partial charge in [-0.05, 0) is 65.1 Å². The van der Waals surface area contributed by atoms with Crippen molar-refractivity contribution in [3.63, 3.8) is 0 Å². The van der Waals surface area contributed by atoms with Crippen LogP contribution in [0.2, 0.25) is 0 Å². The van der Waals surface area contributed by atoms with Crippen molar-refractivity contribution in [2.24, 2.45) is 5.92 Å². The van der Waals surface area contributed by atoms with Crippen molar-refractivity contribution in [2.75, 3.05) is 6.54 Å². The highest BCUT2D eigenvalue weighted by atomic mass is 16.1. The molecule has 0 bridgehead atoms. The number of nitrogens with one attached hydrogen (secondary N) is 1. The lowest BCUT2D eigenvalue weighted by Gasteiger charge is -2.35. The Labute approximate surface area is 218 Å². The largest absolute Gasteiger partial charge is 0.321 e. The molecule has 0 radical (unpaired) electrons. The van der Waals surface area contributed by atoms with Gasteiger partial charge in [-0.15, -0.1) is 5.10 Å². The lowest BCUT2D eigenvalue weighted by Crippen LogP contribution is -2.37. The van der Waals surface area contributed by atoms with Gasteiger partial charge in [0.25, 0.3) is 5.56 Å². The van der Waals surface area contributed by atoms with E-state index in [1.165, 1.54) is 24.8 Å². The van der Waals surface area contributed by atoms with E-state index in [0.29, 0.717) is 12.6 Å². The number of hydrogen-bond donors (Lipinski definition) is 1. The van der Waals surface area contributed by atoms with Gasteiger partial charge in [0.05, 0.1) is 17.6 Å². The van der Waals surface area contributed by atoms with Gasteiger partial charge in [-0.1, -0.05) is 81.6 Å². The van der Waals surface area contributed by atoms with Gasteiger partial charge in [0.2, 0.25) is 0 Å². The van der Waals surface area contributed by atoms with Gasteiger partial charge in [0.1, 0.15) is 0 Å². The number of hydrogen-bond acceptors (Lipinski definition) is 5. The maximum absolute atomic E-state index is 13.3. The van der Waals surface area contributed by atoms with Crippen molar-refractivity contribution in [2.45, 2.75) is 77.9 Å². The first-order chi connectivity index (χ1) is 18.0. The summed E-state index contributed by atoms with van der Waals surface area (Å²) in [4.78, 5) is 18.8. The summed E-state index contributed by atoms with van der Waals surface area (Å²) >= 11 is 0. The molecule has 5 rings (SSSR count). The van der Waals surface area contributed by atoms with E-state index in [0.717, 1.165) is 53.7 Å². The summed E-state index contributed by atoms with van der Waals surface area (Å²) in [5, 5.41) is 14.3. The number of H-pyrrole nitrogens is 1. The number of fused-ring (bicyclic) bond motifs is 1. The zero-order chi connectivity index (χ0) is 25.8. The van der Waals surface area contributed by atoms with Gasteiger partial charge in [-0.3, -0.25) is 9.69 Å². The summed E-state index contributed by atoms with van der Waals surface area (Å²) in [6.45, 7) is 7.83. The molecule has 194 valence electrons. The highest BCUT2D eigenvalue weighted by Gasteiger charge is 2.32. The first-order valence-electron chi connectivity index (χ1n) is 13.7. The third-order valence-electron chi connectivity index (χ3n) is 7.80. The Bertz CT molecular complexity index is 1370. The molecule has 0 saturated heterocycles. The third-order valence-corrected chi connectivity index (χ3v) is 7.80. The van der Waals surface area contributed by atoms with Crippen molar-refractivity contribution in [1.82, 2.24) is 30.1 Å². The van der Waals surface area contributed by atoms with E-state index in [4.69, 9.17) is 0 Å². The molecule has 7 heteroatoms. The average molecular weight is 499 g/mol. The van der Waals surface area contributed by atoms with Crippen molar-refractivity contribution in [3.8, 4) is 0 Å². The molecule has 7 nitrogen and oxygen atoms in total. The van der Waals surface area contributed by atoms with Crippen LogP contribution in [0.4, 0.5) is 0 Å². The molecular formula is C30H38N6O. The molecule has 1 N–H and O–H groups in total. The van der Waals surface area contributed by atoms with E-state index in [1.54, 1.807) is 0 Å². The van der Waals surface area contributed by atoms with Gasteiger partial charge >= 0.3 is 0 Å². The standard InChI is InChI=1S/C30H38N6O/c1-21(2)28(29-32-33-34-36(29)26-15-8-5-9-16-26)35(18-17-23-12-6-4-7-13-23)20-25-19-24-14-10-11-22(3)27(24)31-30(25)37/h4,6-7,10-14,19,21,26,28H,5,8-9,15-18,20H2,1-3H3,(H,31,37). The summed E-state index contributed by atoms with van der Waals surface area (Å²) in [6, 6.07) is 19.1. The number of aromatic amines is 1. The molecule has 1 aliphatic rings. The second-order valence-corrected chi connectivity index (χ2v) is 10.8. The maximum Gasteiger partial charge on any atom is 0.252 e. The van der Waals surface area contributed by atoms with Gasteiger partial charge in [0.15, 0.2) is 5.82 Å². The topological polar surface area (TPSA) is 79.7 Å². The Morgan fingerprint density at radius 3 is 2.59 bits per heavy atom. The molecule has 1 unspecified atom stereocenters. The molecule has 0 amide bonds. The molecule has 1 fully saturated rings. The molecule has 2 aromatic heterocycles. The fourth-order valence-corrected chi connectivity index (χ4v) is 5.86. The molecule has 1 saturated carbocycles. The van der Waals surface area contributed by atoms with Crippen molar-refractivity contribution < 1.29 is 0 Å². The Balaban J connectivity index is 1.52. The first-order valence-corrected chi connectivity index (χ1v) is 13.7. The minimum absolute atomic E-state index is 0.00625. The molecule has 37 heavy (non-hydrogen) atoms. The van der Waals surface area contributed by atoms with Gasteiger partial charge < -0.3 is 4.98 Å². The highest BCUT2D eigenvalue weighted by Crippen LogP contribution is 2.34. The fraction of sp³-hybridized carbons (Fsp3) is 0.467. The second kappa shape index (κ2) is 11.4. The molecule has 4 aromatic rings. The van der Waals surface area contributed by atoms with Crippen LogP contribution < -0.4 is 5.56 Å². The van der Waals surface area contributed by atoms with Crippen LogP contribution in [0.5, 0.6) is 0 Å². The van der Waals surface area contributed by atoms with E-state index < -0.39 is 0 Å². The summed E-state index contributed by atoms with van der Waals surface area (Å²) in [5.41, 5.74) is 4.02. The quantitative estimate of drug-likeness (QED) is 0.317. The van der Waals surface area contributed by atoms with E-state index >= 15 is 0 Å². The zero-order valence-electron chi connectivity index (χ0n) is 22.2. The minimum atomic E-state index is -0.0270. The van der Waals surface area contributed by atoms with Crippen LogP contribution in [0.1, 0.15) is 80.6 Å². The van der Waals surface area contributed by atoms with Gasteiger partial charge in [-0.25, -0.2) is 4.68 Å². The van der Waals surface area contributed by atoms with Crippen molar-refractivity contribution >= 4 is 10.9 Å². The van der Waals surface area contributed by atoms with Gasteiger partial charge in [-0.2, -0.15) is 0 Å². The predicted octanol–water partition coefficient (Wildman–Crippen LogP) is 5.77. The monoisotopic (exact) mass is 498 g/mol. The average Bonchev–Trinajstić information content (AvgIpc) is 3.38. The highest BCUT2D eigenvalue weighted by molar-refractivity contribution is 5.81. The smallest absolute Gasteiger partial charge is 0.252 e. The number of pyridine rings is 1. The number of aryl methyl sites for hydroxylation is 1. The van der Waals surface area contributed by atoms with Crippen LogP contribution >= 0.6 is 0 Å². The van der Waals surface area contributed by atoms with Crippen LogP contribution in [-0.2, 0) is 13.0 Å². The van der Waals surface area contributed by atoms with E-state index in [2.05, 4.69) is 80.3 Å². The first kappa shape index (κ1) is 25.3. The van der Waals surface area contributed by atoms with Crippen LogP contribution in [0.15, 0.2) is 59.4 Å². The number of rotatable bonds is 9. The van der Waals surface area contributed by atoms with Crippen LogP contribution in [-0.4, -0.2) is 36.6 Å². The number of nitrogens with zero attached hydrogens (tertiary/aromatic N) is 5. The molecule has 0 spiro atoms. The molecule has 2 aromatic carbocycles. The van der Waals surface area contributed by atoms with E-state index in [9.17, 15) is 4.79 Å². The second-order valence-electron chi connectivity index (χ2n) is 10.8. The lowest BCUT2D eigenvalue weighted by atomic mass is 9.94. The molecular weight excluding hydrogens is 460 g/mol. The fourth-order valence-electron chi connectivity index (χ4n) is 5.86. The Morgan fingerprint density at radius 1 is 1.05 bits per heavy atom. The number of tetrazole rings is 1. The van der Waals surface area contributed by atoms with Crippen molar-refractivity contribution in [1.29, 1.82) is 0 Å². The summed E-state index contributed by atoms with van der Waals surface area (Å²) < 4.78 is 2.09. The normalized spacial score (nSPS) is 15.6. The lowest BCUT2D eigenvalue weighted by molar-refractivity contribution is 0.131.